The highest BCUT2D eigenvalue weighted by Crippen LogP contribution is 2.41. The molecule has 0 aliphatic carbocycles. The van der Waals surface area contributed by atoms with E-state index in [1.54, 1.807) is 66.5 Å². The van der Waals surface area contributed by atoms with Crippen molar-refractivity contribution in [3.05, 3.63) is 153 Å². The zero-order valence-electron chi connectivity index (χ0n) is 42.1. The molecular weight excluding hydrogens is 1070 g/mol. The maximum absolute atomic E-state index is 14.9. The highest BCUT2D eigenvalue weighted by atomic mass is 32.2. The molecule has 4 aromatic carbocycles. The van der Waals surface area contributed by atoms with Crippen LogP contribution in [0.2, 0.25) is 0 Å². The van der Waals surface area contributed by atoms with Crippen molar-refractivity contribution in [2.24, 2.45) is 0 Å². The van der Waals surface area contributed by atoms with Crippen molar-refractivity contribution in [3.63, 3.8) is 0 Å². The average molecular weight is 1120 g/mol. The van der Waals surface area contributed by atoms with Gasteiger partial charge in [-0.05, 0) is 101 Å². The Hall–Kier alpha value is -8.59. The molecule has 0 radical (unpaired) electrons. The Labute approximate surface area is 453 Å². The van der Waals surface area contributed by atoms with E-state index in [4.69, 9.17) is 4.98 Å². The first-order valence-electron chi connectivity index (χ1n) is 23.7. The van der Waals surface area contributed by atoms with Crippen LogP contribution in [0.25, 0.3) is 22.5 Å². The van der Waals surface area contributed by atoms with Gasteiger partial charge in [-0.2, -0.15) is 4.98 Å². The number of aromatic nitrogens is 6. The van der Waals surface area contributed by atoms with E-state index in [0.717, 1.165) is 58.2 Å². The van der Waals surface area contributed by atoms with E-state index in [9.17, 15) is 40.9 Å². The van der Waals surface area contributed by atoms with Crippen LogP contribution in [0.5, 0.6) is 0 Å². The Balaban J connectivity index is 0.000000191. The lowest BCUT2D eigenvalue weighted by Crippen LogP contribution is -2.43. The molecule has 2 aliphatic heterocycles. The Morgan fingerprint density at radius 2 is 1.14 bits per heavy atom. The maximum atomic E-state index is 14.9. The van der Waals surface area contributed by atoms with E-state index in [2.05, 4.69) is 51.5 Å². The van der Waals surface area contributed by atoms with E-state index in [1.807, 2.05) is 25.9 Å². The standard InChI is InChI=1S/C28H28F2N8O2S.C24H18F2N6O3S2/c1-16-8-9-17(25(39)36-27-32-11-13-41-27)14-18(16)22-19-15-33-28(40)38(23-20(29)6-4-7-21(23)30)24(19)35-26(34-22)31-10-5-12-37(2)3;1-12-6-7-13(21(33)31-22-27-8-9-36-22)10-14(12)18-15-11-28-24(34)32(19-16(25)4-3-5-17(19)26)20(15)30-23(29-18)37(2)35/h4,6-9,11,13-14H,5,10,12,15H2,1-3H3,(H,33,40)(H,31,34,35)(H,32,36,39);3-10H,11H2,1-2H3,(H,28,34)(H,27,31,33). The molecule has 0 saturated heterocycles. The van der Waals surface area contributed by atoms with Crippen molar-refractivity contribution < 1.29 is 40.9 Å². The quantitative estimate of drug-likeness (QED) is 0.0388. The average Bonchev–Trinajstić information content (AvgIpc) is 4.26. The van der Waals surface area contributed by atoms with Crippen LogP contribution >= 0.6 is 22.7 Å². The Morgan fingerprint density at radius 3 is 1.58 bits per heavy atom. The smallest absolute Gasteiger partial charge is 0.328 e. The molecule has 6 heterocycles. The van der Waals surface area contributed by atoms with Crippen LogP contribution in [0.1, 0.15) is 49.4 Å². The normalized spacial score (nSPS) is 13.2. The second-order valence-electron chi connectivity index (χ2n) is 17.7. The molecule has 5 N–H and O–H groups in total. The number of thiazole rings is 2. The highest BCUT2D eigenvalue weighted by Gasteiger charge is 2.36. The SMILES string of the molecule is Cc1ccc(C(=O)Nc2nccs2)cc1-c1nc(NCCCN(C)C)nc2c1CNC(=O)N2c1c(F)cccc1F.Cc1ccc(C(=O)Nc2nccs2)cc1-c1nc(S(C)=O)nc2c1CNC(=O)N2c1c(F)cccc1F. The van der Waals surface area contributed by atoms with Gasteiger partial charge in [0.25, 0.3) is 11.8 Å². The van der Waals surface area contributed by atoms with Crippen LogP contribution < -0.4 is 36.4 Å². The number of fused-ring (bicyclic) bond motifs is 2. The number of nitrogens with zero attached hydrogens (tertiary/aromatic N) is 9. The summed E-state index contributed by atoms with van der Waals surface area (Å²) in [6, 6.07) is 15.2. The summed E-state index contributed by atoms with van der Waals surface area (Å²) in [6.45, 7) is 4.96. The van der Waals surface area contributed by atoms with Gasteiger partial charge in [-0.3, -0.25) is 24.4 Å². The zero-order valence-corrected chi connectivity index (χ0v) is 44.5. The van der Waals surface area contributed by atoms with Crippen LogP contribution in [0.4, 0.5) is 66.4 Å². The van der Waals surface area contributed by atoms with Crippen LogP contribution in [0.15, 0.2) is 101 Å². The monoisotopic (exact) mass is 1120 g/mol. The van der Waals surface area contributed by atoms with E-state index >= 15 is 0 Å². The third-order valence-electron chi connectivity index (χ3n) is 12.1. The molecule has 0 bridgehead atoms. The molecule has 1 unspecified atom stereocenters. The number of benzene rings is 4. The summed E-state index contributed by atoms with van der Waals surface area (Å²) in [4.78, 5) is 81.7. The minimum absolute atomic E-state index is 0.0198. The van der Waals surface area contributed by atoms with Crippen molar-refractivity contribution in [3.8, 4) is 22.5 Å². The van der Waals surface area contributed by atoms with Gasteiger partial charge in [-0.25, -0.2) is 61.9 Å². The van der Waals surface area contributed by atoms with Gasteiger partial charge in [0, 0.05) is 69.3 Å². The molecule has 0 fully saturated rings. The number of amides is 6. The van der Waals surface area contributed by atoms with Gasteiger partial charge in [0.1, 0.15) is 34.6 Å². The third-order valence-corrected chi connectivity index (χ3v) is 14.1. The molecule has 26 heteroatoms. The van der Waals surface area contributed by atoms with Crippen molar-refractivity contribution >= 4 is 96.6 Å². The molecular formula is C52H46F4N14O5S3. The summed E-state index contributed by atoms with van der Waals surface area (Å²) in [7, 11) is 2.23. The minimum atomic E-state index is -1.70. The van der Waals surface area contributed by atoms with E-state index in [-0.39, 0.29) is 47.4 Å². The van der Waals surface area contributed by atoms with Gasteiger partial charge in [-0.15, -0.1) is 22.7 Å². The lowest BCUT2D eigenvalue weighted by Gasteiger charge is -2.31. The largest absolute Gasteiger partial charge is 0.354 e. The predicted molar refractivity (Wildman–Crippen MR) is 290 cm³/mol. The van der Waals surface area contributed by atoms with Crippen molar-refractivity contribution in [2.75, 3.05) is 59.2 Å². The lowest BCUT2D eigenvalue weighted by atomic mass is 9.97. The fraction of sp³-hybridized carbons (Fsp3) is 0.192. The molecule has 10 rings (SSSR count). The predicted octanol–water partition coefficient (Wildman–Crippen LogP) is 9.70. The number of carbonyl (C=O) groups excluding carboxylic acids is 4. The highest BCUT2D eigenvalue weighted by molar-refractivity contribution is 7.84. The van der Waals surface area contributed by atoms with Gasteiger partial charge >= 0.3 is 12.1 Å². The number of halogens is 4. The number of anilines is 7. The van der Waals surface area contributed by atoms with Crippen LogP contribution in [-0.4, -0.2) is 96.3 Å². The van der Waals surface area contributed by atoms with Gasteiger partial charge in [0.2, 0.25) is 11.1 Å². The van der Waals surface area contributed by atoms with Gasteiger partial charge in [0.15, 0.2) is 21.9 Å². The fourth-order valence-electron chi connectivity index (χ4n) is 8.31. The first-order valence-corrected chi connectivity index (χ1v) is 27.0. The number of carbonyl (C=O) groups is 4. The number of para-hydroxylation sites is 2. The summed E-state index contributed by atoms with van der Waals surface area (Å²) in [5.41, 5.74) is 3.64. The van der Waals surface area contributed by atoms with E-state index in [0.29, 0.717) is 55.9 Å². The molecule has 19 nitrogen and oxygen atoms in total. The molecule has 400 valence electrons. The summed E-state index contributed by atoms with van der Waals surface area (Å²) in [6.07, 6.45) is 5.30. The van der Waals surface area contributed by atoms with Crippen molar-refractivity contribution in [2.45, 2.75) is 38.5 Å². The Kier molecular flexibility index (Phi) is 16.2. The molecule has 6 amide bonds. The van der Waals surface area contributed by atoms with Crippen LogP contribution in [0, 0.1) is 37.1 Å². The lowest BCUT2D eigenvalue weighted by molar-refractivity contribution is 0.101. The summed E-state index contributed by atoms with van der Waals surface area (Å²) in [5.74, 6) is -4.38. The minimum Gasteiger partial charge on any atom is -0.354 e. The van der Waals surface area contributed by atoms with Gasteiger partial charge in [0.05, 0.1) is 35.3 Å². The molecule has 1 atom stereocenters. The van der Waals surface area contributed by atoms with Crippen LogP contribution in [0.3, 0.4) is 0 Å². The zero-order chi connectivity index (χ0) is 55.4. The first kappa shape index (κ1) is 54.2. The second-order valence-corrected chi connectivity index (χ2v) is 20.7. The first-order chi connectivity index (χ1) is 37.5. The van der Waals surface area contributed by atoms with E-state index in [1.165, 1.54) is 41.1 Å². The molecule has 2 aliphatic rings. The van der Waals surface area contributed by atoms with Gasteiger partial charge < -0.3 is 20.9 Å². The maximum Gasteiger partial charge on any atom is 0.328 e. The molecule has 78 heavy (non-hydrogen) atoms. The molecule has 0 spiro atoms. The van der Waals surface area contributed by atoms with Gasteiger partial charge in [-0.1, -0.05) is 24.3 Å². The molecule has 0 saturated carbocycles. The van der Waals surface area contributed by atoms with Crippen molar-refractivity contribution in [1.82, 2.24) is 45.4 Å². The fourth-order valence-corrected chi connectivity index (χ4v) is 9.80. The molecule has 8 aromatic rings. The summed E-state index contributed by atoms with van der Waals surface area (Å²) < 4.78 is 71.8. The van der Waals surface area contributed by atoms with Crippen molar-refractivity contribution in [1.29, 1.82) is 0 Å². The Bertz CT molecular complexity index is 3610. The number of aryl methyl sites for hydroxylation is 2. The number of hydrogen-bond acceptors (Lipinski definition) is 15. The number of nitrogens with one attached hydrogen (secondary N) is 5. The Morgan fingerprint density at radius 1 is 0.679 bits per heavy atom. The third kappa shape index (κ3) is 11.6. The summed E-state index contributed by atoms with van der Waals surface area (Å²) in [5, 5.41) is 18.2. The number of rotatable bonds is 14. The number of hydrogen-bond donors (Lipinski definition) is 5. The number of urea groups is 2. The molecule has 4 aromatic heterocycles. The topological polar surface area (TPSA) is 233 Å². The second kappa shape index (κ2) is 23.3. The van der Waals surface area contributed by atoms with Crippen LogP contribution in [-0.2, 0) is 23.9 Å². The van der Waals surface area contributed by atoms with E-state index < -0.39 is 63.4 Å². The summed E-state index contributed by atoms with van der Waals surface area (Å²) >= 11 is 2.57.